The van der Waals surface area contributed by atoms with Crippen LogP contribution in [0.4, 0.5) is 0 Å². The number of benzene rings is 1. The summed E-state index contributed by atoms with van der Waals surface area (Å²) >= 11 is 0. The second kappa shape index (κ2) is 7.10. The molecule has 0 aliphatic carbocycles. The number of fused-ring (bicyclic) bond motifs is 1. The summed E-state index contributed by atoms with van der Waals surface area (Å²) < 4.78 is 5.38. The van der Waals surface area contributed by atoms with Gasteiger partial charge >= 0.3 is 0 Å². The van der Waals surface area contributed by atoms with E-state index in [1.54, 1.807) is 0 Å². The number of H-pyrrole nitrogens is 1. The number of amides is 1. The van der Waals surface area contributed by atoms with Crippen LogP contribution >= 0.6 is 0 Å². The minimum Gasteiger partial charge on any atom is -0.377 e. The van der Waals surface area contributed by atoms with Gasteiger partial charge in [-0.1, -0.05) is 18.2 Å². The average Bonchev–Trinajstić information content (AvgIpc) is 2.84. The van der Waals surface area contributed by atoms with E-state index in [9.17, 15) is 4.79 Å². The lowest BCUT2D eigenvalue weighted by atomic mass is 10.1. The van der Waals surface area contributed by atoms with Crippen molar-refractivity contribution in [2.45, 2.75) is 32.8 Å². The number of carbonyl (C=O) groups is 1. The number of para-hydroxylation sites is 1. The Bertz CT molecular complexity index is 560. The zero-order chi connectivity index (χ0) is 14.4. The van der Waals surface area contributed by atoms with Crippen LogP contribution in [0, 0.1) is 0 Å². The molecular weight excluding hydrogens is 252 g/mol. The summed E-state index contributed by atoms with van der Waals surface area (Å²) in [7, 11) is 0. The summed E-state index contributed by atoms with van der Waals surface area (Å²) in [4.78, 5) is 15.0. The smallest absolute Gasteiger partial charge is 0.220 e. The standard InChI is InChI=1S/C16H22N2O2/c1-12(2)20-10-9-17-16(19)8-7-13-11-18-15-6-4-3-5-14(13)15/h3-6,11-12,18H,7-10H2,1-2H3,(H,17,19). The van der Waals surface area contributed by atoms with Crippen molar-refractivity contribution in [3.8, 4) is 0 Å². The predicted octanol–water partition coefficient (Wildman–Crippen LogP) is 2.64. The number of rotatable bonds is 7. The Morgan fingerprint density at radius 3 is 2.95 bits per heavy atom. The molecule has 1 aromatic carbocycles. The second-order valence-corrected chi connectivity index (χ2v) is 5.13. The Labute approximate surface area is 119 Å². The highest BCUT2D eigenvalue weighted by molar-refractivity contribution is 5.84. The van der Waals surface area contributed by atoms with Gasteiger partial charge in [0, 0.05) is 30.1 Å². The minimum absolute atomic E-state index is 0.0719. The number of hydrogen-bond acceptors (Lipinski definition) is 2. The van der Waals surface area contributed by atoms with Gasteiger partial charge in [0.15, 0.2) is 0 Å². The quantitative estimate of drug-likeness (QED) is 0.763. The van der Waals surface area contributed by atoms with Gasteiger partial charge in [-0.3, -0.25) is 4.79 Å². The van der Waals surface area contributed by atoms with Crippen LogP contribution in [0.1, 0.15) is 25.8 Å². The number of hydrogen-bond donors (Lipinski definition) is 2. The minimum atomic E-state index is 0.0719. The first-order valence-electron chi connectivity index (χ1n) is 7.10. The van der Waals surface area contributed by atoms with E-state index in [0.29, 0.717) is 19.6 Å². The van der Waals surface area contributed by atoms with Gasteiger partial charge in [0.2, 0.25) is 5.91 Å². The van der Waals surface area contributed by atoms with Crippen molar-refractivity contribution in [2.24, 2.45) is 0 Å². The van der Waals surface area contributed by atoms with Crippen LogP contribution in [0.2, 0.25) is 0 Å². The fraction of sp³-hybridized carbons (Fsp3) is 0.438. The molecule has 1 heterocycles. The summed E-state index contributed by atoms with van der Waals surface area (Å²) in [5, 5.41) is 4.07. The van der Waals surface area contributed by atoms with E-state index in [4.69, 9.17) is 4.74 Å². The molecule has 0 saturated heterocycles. The molecule has 0 bridgehead atoms. The van der Waals surface area contributed by atoms with Crippen molar-refractivity contribution in [1.82, 2.24) is 10.3 Å². The van der Waals surface area contributed by atoms with E-state index in [-0.39, 0.29) is 12.0 Å². The van der Waals surface area contributed by atoms with E-state index >= 15 is 0 Å². The Balaban J connectivity index is 1.76. The molecule has 1 aromatic heterocycles. The van der Waals surface area contributed by atoms with Crippen molar-refractivity contribution in [3.63, 3.8) is 0 Å². The van der Waals surface area contributed by atoms with Crippen molar-refractivity contribution in [1.29, 1.82) is 0 Å². The summed E-state index contributed by atoms with van der Waals surface area (Å²) in [5.74, 6) is 0.0719. The molecule has 0 radical (unpaired) electrons. The van der Waals surface area contributed by atoms with Crippen LogP contribution in [0.5, 0.6) is 0 Å². The zero-order valence-electron chi connectivity index (χ0n) is 12.1. The maximum absolute atomic E-state index is 11.7. The summed E-state index contributed by atoms with van der Waals surface area (Å²) in [6.45, 7) is 5.11. The van der Waals surface area contributed by atoms with Gasteiger partial charge in [0.05, 0.1) is 12.7 Å². The van der Waals surface area contributed by atoms with Crippen molar-refractivity contribution in [3.05, 3.63) is 36.0 Å². The van der Waals surface area contributed by atoms with Crippen LogP contribution in [0.25, 0.3) is 10.9 Å². The molecule has 2 rings (SSSR count). The van der Waals surface area contributed by atoms with E-state index in [2.05, 4.69) is 16.4 Å². The summed E-state index contributed by atoms with van der Waals surface area (Å²) in [6, 6.07) is 8.14. The summed E-state index contributed by atoms with van der Waals surface area (Å²) in [5.41, 5.74) is 2.31. The predicted molar refractivity (Wildman–Crippen MR) is 80.7 cm³/mol. The fourth-order valence-electron chi connectivity index (χ4n) is 2.16. The summed E-state index contributed by atoms with van der Waals surface area (Å²) in [6.07, 6.45) is 3.45. The van der Waals surface area contributed by atoms with Gasteiger partial charge in [-0.05, 0) is 31.9 Å². The number of ether oxygens (including phenoxy) is 1. The number of aryl methyl sites for hydroxylation is 1. The molecule has 2 N–H and O–H groups in total. The lowest BCUT2D eigenvalue weighted by molar-refractivity contribution is -0.121. The van der Waals surface area contributed by atoms with Crippen LogP contribution in [0.3, 0.4) is 0 Å². The second-order valence-electron chi connectivity index (χ2n) is 5.13. The van der Waals surface area contributed by atoms with Crippen LogP contribution in [-0.4, -0.2) is 30.1 Å². The molecule has 20 heavy (non-hydrogen) atoms. The molecule has 108 valence electrons. The fourth-order valence-corrected chi connectivity index (χ4v) is 2.16. The third-order valence-electron chi connectivity index (χ3n) is 3.17. The molecule has 0 aliphatic rings. The molecule has 4 nitrogen and oxygen atoms in total. The van der Waals surface area contributed by atoms with Crippen molar-refractivity contribution >= 4 is 16.8 Å². The first kappa shape index (κ1) is 14.6. The Kier molecular flexibility index (Phi) is 5.18. The van der Waals surface area contributed by atoms with E-state index in [0.717, 1.165) is 11.9 Å². The van der Waals surface area contributed by atoms with Gasteiger partial charge in [0.25, 0.3) is 0 Å². The van der Waals surface area contributed by atoms with E-state index in [1.807, 2.05) is 38.2 Å². The molecule has 4 heteroatoms. The Morgan fingerprint density at radius 2 is 2.15 bits per heavy atom. The first-order valence-corrected chi connectivity index (χ1v) is 7.10. The molecule has 1 amide bonds. The molecule has 0 saturated carbocycles. The number of aromatic amines is 1. The average molecular weight is 274 g/mol. The van der Waals surface area contributed by atoms with Gasteiger partial charge < -0.3 is 15.0 Å². The Hall–Kier alpha value is -1.81. The maximum atomic E-state index is 11.7. The molecule has 0 spiro atoms. The molecular formula is C16H22N2O2. The monoisotopic (exact) mass is 274 g/mol. The highest BCUT2D eigenvalue weighted by Crippen LogP contribution is 2.18. The number of nitrogens with one attached hydrogen (secondary N) is 2. The van der Waals surface area contributed by atoms with Crippen molar-refractivity contribution in [2.75, 3.05) is 13.2 Å². The van der Waals surface area contributed by atoms with Gasteiger partial charge in [0.1, 0.15) is 0 Å². The zero-order valence-corrected chi connectivity index (χ0v) is 12.1. The van der Waals surface area contributed by atoms with E-state index in [1.165, 1.54) is 10.9 Å². The Morgan fingerprint density at radius 1 is 1.35 bits per heavy atom. The molecule has 0 aliphatic heterocycles. The van der Waals surface area contributed by atoms with E-state index < -0.39 is 0 Å². The van der Waals surface area contributed by atoms with Crippen LogP contribution < -0.4 is 5.32 Å². The molecule has 0 fully saturated rings. The highest BCUT2D eigenvalue weighted by Gasteiger charge is 2.06. The van der Waals surface area contributed by atoms with Gasteiger partial charge in [-0.15, -0.1) is 0 Å². The molecule has 0 atom stereocenters. The van der Waals surface area contributed by atoms with Crippen LogP contribution in [-0.2, 0) is 16.0 Å². The topological polar surface area (TPSA) is 54.1 Å². The number of aromatic nitrogens is 1. The SMILES string of the molecule is CC(C)OCCNC(=O)CCc1c[nH]c2ccccc12. The number of carbonyl (C=O) groups excluding carboxylic acids is 1. The third kappa shape index (κ3) is 4.10. The van der Waals surface area contributed by atoms with Crippen LogP contribution in [0.15, 0.2) is 30.5 Å². The van der Waals surface area contributed by atoms with Gasteiger partial charge in [-0.25, -0.2) is 0 Å². The lowest BCUT2D eigenvalue weighted by Crippen LogP contribution is -2.28. The normalized spacial score (nSPS) is 11.2. The lowest BCUT2D eigenvalue weighted by Gasteiger charge is -2.08. The van der Waals surface area contributed by atoms with Gasteiger partial charge in [-0.2, -0.15) is 0 Å². The third-order valence-corrected chi connectivity index (χ3v) is 3.17. The molecule has 2 aromatic rings. The van der Waals surface area contributed by atoms with Crippen molar-refractivity contribution < 1.29 is 9.53 Å². The molecule has 0 unspecified atom stereocenters. The first-order chi connectivity index (χ1) is 9.66. The maximum Gasteiger partial charge on any atom is 0.220 e. The largest absolute Gasteiger partial charge is 0.377 e. The highest BCUT2D eigenvalue weighted by atomic mass is 16.5.